The van der Waals surface area contributed by atoms with Crippen molar-refractivity contribution in [1.29, 1.82) is 0 Å². The first-order valence-electron chi connectivity index (χ1n) is 13.0. The van der Waals surface area contributed by atoms with Gasteiger partial charge in [0.2, 0.25) is 0 Å². The lowest BCUT2D eigenvalue weighted by atomic mass is 9.70. The van der Waals surface area contributed by atoms with Gasteiger partial charge in [-0.05, 0) is 80.0 Å². The molecule has 0 radical (unpaired) electrons. The largest absolute Gasteiger partial charge is 0.504 e. The van der Waals surface area contributed by atoms with Gasteiger partial charge in [0.15, 0.2) is 23.0 Å². The number of methoxy groups -OCH3 is 2. The van der Waals surface area contributed by atoms with Crippen molar-refractivity contribution in [3.8, 4) is 34.1 Å². The molecule has 1 heterocycles. The van der Waals surface area contributed by atoms with Gasteiger partial charge in [-0.25, -0.2) is 0 Å². The molecule has 0 amide bonds. The summed E-state index contributed by atoms with van der Waals surface area (Å²) in [6.45, 7) is 8.22. The lowest BCUT2D eigenvalue weighted by Gasteiger charge is -2.45. The van der Waals surface area contributed by atoms with Crippen molar-refractivity contribution in [3.63, 3.8) is 0 Å². The first-order chi connectivity index (χ1) is 16.5. The number of aromatic hydroxyl groups is 1. The van der Waals surface area contributed by atoms with E-state index in [0.29, 0.717) is 18.3 Å². The van der Waals surface area contributed by atoms with Crippen molar-refractivity contribution in [2.75, 3.05) is 34.4 Å². The van der Waals surface area contributed by atoms with E-state index >= 15 is 0 Å². The van der Waals surface area contributed by atoms with Gasteiger partial charge in [0.25, 0.3) is 0 Å². The Morgan fingerprint density at radius 2 is 1.76 bits per heavy atom. The van der Waals surface area contributed by atoms with Gasteiger partial charge >= 0.3 is 0 Å². The molecule has 34 heavy (non-hydrogen) atoms. The van der Waals surface area contributed by atoms with Gasteiger partial charge in [-0.2, -0.15) is 0 Å². The van der Waals surface area contributed by atoms with Gasteiger partial charge in [0.1, 0.15) is 0 Å². The Balaban J connectivity index is 2.09. The second-order valence-corrected chi connectivity index (χ2v) is 9.76. The fraction of sp³-hybridized carbons (Fsp3) is 0.586. The zero-order chi connectivity index (χ0) is 24.4. The number of phenols is 1. The highest BCUT2D eigenvalue weighted by atomic mass is 16.5. The minimum Gasteiger partial charge on any atom is -0.504 e. The first-order valence-corrected chi connectivity index (χ1v) is 13.0. The summed E-state index contributed by atoms with van der Waals surface area (Å²) in [7, 11) is 5.61. The molecule has 0 fully saturated rings. The number of nitrogens with zero attached hydrogens (tertiary/aromatic N) is 1. The number of unbranched alkanes of at least 4 members (excludes halogenated alkanes) is 2. The molecule has 5 heteroatoms. The Kier molecular flexibility index (Phi) is 7.61. The molecule has 2 atom stereocenters. The summed E-state index contributed by atoms with van der Waals surface area (Å²) in [5.74, 6) is 2.90. The standard InChI is InChI=1S/C29H41NO4/c1-7-10-12-18-17-30(4)22-14-19-15-23(31)24(32-5)16-21(19)26-27(22)25(18)20(13-11-8-2)28(34-9-3)29(26)33-6/h15-16,18,22,31H,7-14,17H2,1-6H3. The van der Waals surface area contributed by atoms with Crippen LogP contribution in [0.2, 0.25) is 0 Å². The van der Waals surface area contributed by atoms with E-state index in [2.05, 4.69) is 25.8 Å². The molecule has 1 aliphatic carbocycles. The number of rotatable bonds is 10. The molecule has 186 valence electrons. The Morgan fingerprint density at radius 1 is 1.00 bits per heavy atom. The molecule has 1 N–H and O–H groups in total. The van der Waals surface area contributed by atoms with Gasteiger partial charge in [-0.1, -0.05) is 33.1 Å². The fourth-order valence-electron chi connectivity index (χ4n) is 6.08. The van der Waals surface area contributed by atoms with E-state index in [1.165, 1.54) is 36.0 Å². The number of benzene rings is 2. The predicted molar refractivity (Wildman–Crippen MR) is 138 cm³/mol. The number of phenolic OH excluding ortho intramolecular Hbond substituents is 1. The molecule has 0 saturated carbocycles. The van der Waals surface area contributed by atoms with Gasteiger partial charge in [0.05, 0.1) is 20.8 Å². The monoisotopic (exact) mass is 467 g/mol. The van der Waals surface area contributed by atoms with E-state index in [4.69, 9.17) is 14.2 Å². The third-order valence-corrected chi connectivity index (χ3v) is 7.64. The van der Waals surface area contributed by atoms with Crippen molar-refractivity contribution >= 4 is 0 Å². The van der Waals surface area contributed by atoms with Gasteiger partial charge in [-0.15, -0.1) is 0 Å². The van der Waals surface area contributed by atoms with Crippen molar-refractivity contribution in [3.05, 3.63) is 34.4 Å². The van der Waals surface area contributed by atoms with Gasteiger partial charge in [0, 0.05) is 23.7 Å². The lowest BCUT2D eigenvalue weighted by molar-refractivity contribution is 0.198. The Morgan fingerprint density at radius 3 is 2.41 bits per heavy atom. The second kappa shape index (κ2) is 10.5. The summed E-state index contributed by atoms with van der Waals surface area (Å²) < 4.78 is 18.0. The summed E-state index contributed by atoms with van der Waals surface area (Å²) >= 11 is 0. The zero-order valence-corrected chi connectivity index (χ0v) is 21.8. The Hall–Kier alpha value is -2.40. The summed E-state index contributed by atoms with van der Waals surface area (Å²) in [4.78, 5) is 2.51. The summed E-state index contributed by atoms with van der Waals surface area (Å²) in [6, 6.07) is 4.11. The molecule has 5 nitrogen and oxygen atoms in total. The van der Waals surface area contributed by atoms with E-state index in [9.17, 15) is 5.11 Å². The predicted octanol–water partition coefficient (Wildman–Crippen LogP) is 6.63. The summed E-state index contributed by atoms with van der Waals surface area (Å²) in [5, 5.41) is 10.6. The number of likely N-dealkylation sites (N-methyl/N-ethyl adjacent to an activating group) is 1. The minimum absolute atomic E-state index is 0.188. The molecular weight excluding hydrogens is 426 g/mol. The van der Waals surface area contributed by atoms with Crippen molar-refractivity contribution in [1.82, 2.24) is 4.90 Å². The average Bonchev–Trinajstić information content (AvgIpc) is 2.83. The highest BCUT2D eigenvalue weighted by molar-refractivity contribution is 5.86. The maximum Gasteiger partial charge on any atom is 0.169 e. The maximum atomic E-state index is 10.6. The van der Waals surface area contributed by atoms with E-state index < -0.39 is 0 Å². The third-order valence-electron chi connectivity index (χ3n) is 7.64. The molecule has 4 rings (SSSR count). The molecule has 0 spiro atoms. The Bertz CT molecular complexity index is 1030. The third kappa shape index (κ3) is 4.13. The highest BCUT2D eigenvalue weighted by Crippen LogP contribution is 2.58. The zero-order valence-electron chi connectivity index (χ0n) is 21.8. The van der Waals surface area contributed by atoms with Crippen LogP contribution in [0, 0.1) is 0 Å². The van der Waals surface area contributed by atoms with E-state index in [0.717, 1.165) is 60.4 Å². The van der Waals surface area contributed by atoms with Crippen LogP contribution >= 0.6 is 0 Å². The molecule has 1 aliphatic heterocycles. The molecule has 2 aliphatic rings. The van der Waals surface area contributed by atoms with Crippen LogP contribution in [0.5, 0.6) is 23.0 Å². The van der Waals surface area contributed by atoms with E-state index in [1.54, 1.807) is 14.2 Å². The van der Waals surface area contributed by atoms with Crippen LogP contribution in [0.1, 0.15) is 87.1 Å². The van der Waals surface area contributed by atoms with Crippen LogP contribution in [-0.2, 0) is 12.8 Å². The fourth-order valence-corrected chi connectivity index (χ4v) is 6.08. The lowest BCUT2D eigenvalue weighted by Crippen LogP contribution is -2.39. The highest BCUT2D eigenvalue weighted by Gasteiger charge is 2.42. The molecule has 0 aromatic heterocycles. The van der Waals surface area contributed by atoms with Crippen LogP contribution < -0.4 is 14.2 Å². The normalized spacial score (nSPS) is 18.9. The summed E-state index contributed by atoms with van der Waals surface area (Å²) in [6.07, 6.45) is 7.76. The van der Waals surface area contributed by atoms with Crippen molar-refractivity contribution in [2.24, 2.45) is 0 Å². The van der Waals surface area contributed by atoms with Gasteiger partial charge in [-0.3, -0.25) is 4.90 Å². The molecule has 0 saturated heterocycles. The van der Waals surface area contributed by atoms with E-state index in [-0.39, 0.29) is 11.8 Å². The SMILES string of the molecule is CCCCc1c(OCC)c(OC)c2c3c1C(CCCC)CN(C)C3Cc1cc(O)c(OC)cc1-2. The van der Waals surface area contributed by atoms with Crippen LogP contribution in [0.3, 0.4) is 0 Å². The Labute approximate surface area is 205 Å². The van der Waals surface area contributed by atoms with Crippen LogP contribution in [0.25, 0.3) is 11.1 Å². The quantitative estimate of drug-likeness (QED) is 0.425. The van der Waals surface area contributed by atoms with Crippen molar-refractivity contribution in [2.45, 2.75) is 77.7 Å². The summed E-state index contributed by atoms with van der Waals surface area (Å²) in [5.41, 5.74) is 7.60. The average molecular weight is 468 g/mol. The van der Waals surface area contributed by atoms with E-state index in [1.807, 2.05) is 19.1 Å². The number of hydrogen-bond donors (Lipinski definition) is 1. The number of ether oxygens (including phenoxy) is 3. The number of fused-ring (bicyclic) bond motifs is 2. The maximum absolute atomic E-state index is 10.6. The smallest absolute Gasteiger partial charge is 0.169 e. The molecule has 2 aromatic carbocycles. The first kappa shape index (κ1) is 24.7. The second-order valence-electron chi connectivity index (χ2n) is 9.76. The van der Waals surface area contributed by atoms with Crippen LogP contribution in [0.4, 0.5) is 0 Å². The molecular formula is C29H41NO4. The molecule has 0 bridgehead atoms. The van der Waals surface area contributed by atoms with Crippen molar-refractivity contribution < 1.29 is 19.3 Å². The minimum atomic E-state index is 0.188. The topological polar surface area (TPSA) is 51.2 Å². The van der Waals surface area contributed by atoms with Crippen LogP contribution in [0.15, 0.2) is 12.1 Å². The molecule has 2 aromatic rings. The van der Waals surface area contributed by atoms with Gasteiger partial charge < -0.3 is 19.3 Å². The molecule has 2 unspecified atom stereocenters. The van der Waals surface area contributed by atoms with Crippen LogP contribution in [-0.4, -0.2) is 44.4 Å². The number of hydrogen-bond acceptors (Lipinski definition) is 5.